The van der Waals surface area contributed by atoms with Crippen LogP contribution < -0.4 is 5.32 Å². The normalized spacial score (nSPS) is 10.9. The molecule has 0 heterocycles. The van der Waals surface area contributed by atoms with Crippen LogP contribution in [0.2, 0.25) is 0 Å². The molecule has 0 atom stereocenters. The number of benzene rings is 1. The van der Waals surface area contributed by atoms with Crippen LogP contribution in [0.1, 0.15) is 51.0 Å². The molecule has 1 N–H and O–H groups in total. The summed E-state index contributed by atoms with van der Waals surface area (Å²) in [6, 6.07) is 7.88. The van der Waals surface area contributed by atoms with E-state index >= 15 is 0 Å². The van der Waals surface area contributed by atoms with E-state index in [1.54, 1.807) is 6.08 Å². The third-order valence-electron chi connectivity index (χ3n) is 3.13. The first-order chi connectivity index (χ1) is 9.72. The van der Waals surface area contributed by atoms with Gasteiger partial charge in [0, 0.05) is 17.1 Å². The largest absolute Gasteiger partial charge is 0.353 e. The lowest BCUT2D eigenvalue weighted by atomic mass is 10.1. The van der Waals surface area contributed by atoms with E-state index in [1.807, 2.05) is 30.3 Å². The summed E-state index contributed by atoms with van der Waals surface area (Å²) in [5.74, 6) is -0.0125. The molecule has 0 aliphatic carbocycles. The maximum atomic E-state index is 11.6. The molecule has 1 rings (SSSR count). The monoisotopic (exact) mass is 337 g/mol. The highest BCUT2D eigenvalue weighted by Crippen LogP contribution is 2.11. The molecule has 0 fully saturated rings. The lowest BCUT2D eigenvalue weighted by Crippen LogP contribution is -2.21. The fraction of sp³-hybridized carbons (Fsp3) is 0.471. The topological polar surface area (TPSA) is 29.1 Å². The van der Waals surface area contributed by atoms with Gasteiger partial charge in [0.25, 0.3) is 0 Å². The van der Waals surface area contributed by atoms with E-state index < -0.39 is 0 Å². The minimum Gasteiger partial charge on any atom is -0.353 e. The highest BCUT2D eigenvalue weighted by molar-refractivity contribution is 9.10. The Hall–Kier alpha value is -1.09. The molecule has 1 aromatic carbocycles. The van der Waals surface area contributed by atoms with Gasteiger partial charge in [-0.25, -0.2) is 0 Å². The highest BCUT2D eigenvalue weighted by atomic mass is 79.9. The van der Waals surface area contributed by atoms with E-state index in [9.17, 15) is 4.79 Å². The molecule has 1 amide bonds. The first-order valence-corrected chi connectivity index (χ1v) is 8.23. The maximum Gasteiger partial charge on any atom is 0.243 e. The molecule has 0 aliphatic rings. The van der Waals surface area contributed by atoms with Gasteiger partial charge in [0.05, 0.1) is 0 Å². The number of carbonyl (C=O) groups is 1. The first kappa shape index (κ1) is 17.0. The van der Waals surface area contributed by atoms with Crippen molar-refractivity contribution in [2.75, 3.05) is 6.54 Å². The van der Waals surface area contributed by atoms with E-state index in [2.05, 4.69) is 28.2 Å². The van der Waals surface area contributed by atoms with Gasteiger partial charge >= 0.3 is 0 Å². The van der Waals surface area contributed by atoms with Crippen LogP contribution in [-0.2, 0) is 4.79 Å². The Labute approximate surface area is 130 Å². The maximum absolute atomic E-state index is 11.6. The fourth-order valence-corrected chi connectivity index (χ4v) is 2.19. The molecule has 0 radical (unpaired) electrons. The molecule has 0 bridgehead atoms. The Morgan fingerprint density at radius 2 is 1.75 bits per heavy atom. The molecule has 0 aliphatic heterocycles. The van der Waals surface area contributed by atoms with E-state index in [0.29, 0.717) is 0 Å². The van der Waals surface area contributed by atoms with Crippen molar-refractivity contribution < 1.29 is 4.79 Å². The smallest absolute Gasteiger partial charge is 0.243 e. The molecule has 0 saturated carbocycles. The summed E-state index contributed by atoms with van der Waals surface area (Å²) in [5.41, 5.74) is 1.03. The second-order valence-corrected chi connectivity index (χ2v) is 5.86. The van der Waals surface area contributed by atoms with Crippen LogP contribution in [0, 0.1) is 0 Å². The summed E-state index contributed by atoms with van der Waals surface area (Å²) >= 11 is 3.39. The van der Waals surface area contributed by atoms with E-state index in [-0.39, 0.29) is 5.91 Å². The Kier molecular flexibility index (Phi) is 9.05. The molecular formula is C17H24BrNO. The number of hydrogen-bond donors (Lipinski definition) is 1. The predicted molar refractivity (Wildman–Crippen MR) is 89.6 cm³/mol. The van der Waals surface area contributed by atoms with Crippen LogP contribution >= 0.6 is 15.9 Å². The molecule has 110 valence electrons. The first-order valence-electron chi connectivity index (χ1n) is 7.44. The van der Waals surface area contributed by atoms with Gasteiger partial charge in [-0.3, -0.25) is 4.79 Å². The van der Waals surface area contributed by atoms with Crippen LogP contribution in [0.3, 0.4) is 0 Å². The number of unbranched alkanes of at least 4 members (excludes halogenated alkanes) is 5. The summed E-state index contributed by atoms with van der Waals surface area (Å²) in [6.45, 7) is 2.99. The van der Waals surface area contributed by atoms with Crippen molar-refractivity contribution in [2.24, 2.45) is 0 Å². The van der Waals surface area contributed by atoms with E-state index in [4.69, 9.17) is 0 Å². The highest BCUT2D eigenvalue weighted by Gasteiger charge is 1.95. The molecule has 1 aromatic rings. The molecule has 0 spiro atoms. The summed E-state index contributed by atoms with van der Waals surface area (Å²) in [6.07, 6.45) is 10.9. The van der Waals surface area contributed by atoms with Gasteiger partial charge in [0.2, 0.25) is 5.91 Å². The molecule has 3 heteroatoms. The van der Waals surface area contributed by atoms with Crippen LogP contribution in [0.5, 0.6) is 0 Å². The molecule has 2 nitrogen and oxygen atoms in total. The summed E-state index contributed by atoms with van der Waals surface area (Å²) < 4.78 is 1.04. The van der Waals surface area contributed by atoms with Gasteiger partial charge in [0.1, 0.15) is 0 Å². The zero-order valence-electron chi connectivity index (χ0n) is 12.2. The number of rotatable bonds is 9. The molecule has 0 unspecified atom stereocenters. The average molecular weight is 338 g/mol. The lowest BCUT2D eigenvalue weighted by molar-refractivity contribution is -0.116. The van der Waals surface area contributed by atoms with Crippen LogP contribution in [0.25, 0.3) is 6.08 Å². The number of nitrogens with one attached hydrogen (secondary N) is 1. The van der Waals surface area contributed by atoms with Gasteiger partial charge in [-0.2, -0.15) is 0 Å². The van der Waals surface area contributed by atoms with Gasteiger partial charge < -0.3 is 5.32 Å². The van der Waals surface area contributed by atoms with Gasteiger partial charge in [0.15, 0.2) is 0 Å². The van der Waals surface area contributed by atoms with Gasteiger partial charge in [-0.15, -0.1) is 0 Å². The van der Waals surface area contributed by atoms with Crippen molar-refractivity contribution >= 4 is 27.9 Å². The third kappa shape index (κ3) is 8.16. The van der Waals surface area contributed by atoms with E-state index in [0.717, 1.165) is 23.0 Å². The Morgan fingerprint density at radius 3 is 2.45 bits per heavy atom. The number of carbonyl (C=O) groups excluding carboxylic acids is 1. The number of hydrogen-bond acceptors (Lipinski definition) is 1. The van der Waals surface area contributed by atoms with E-state index in [1.165, 1.54) is 32.1 Å². The van der Waals surface area contributed by atoms with Crippen LogP contribution in [0.15, 0.2) is 34.8 Å². The third-order valence-corrected chi connectivity index (χ3v) is 3.66. The average Bonchev–Trinajstić information content (AvgIpc) is 2.46. The SMILES string of the molecule is CCCCCCCCNC(=O)C=Cc1ccc(Br)cc1. The minimum atomic E-state index is -0.0125. The quantitative estimate of drug-likeness (QED) is 0.501. The lowest BCUT2D eigenvalue weighted by Gasteiger charge is -2.02. The van der Waals surface area contributed by atoms with Crippen LogP contribution in [0.4, 0.5) is 0 Å². The number of amides is 1. The van der Waals surface area contributed by atoms with Crippen molar-refractivity contribution in [3.05, 3.63) is 40.4 Å². The molecule has 0 saturated heterocycles. The van der Waals surface area contributed by atoms with Crippen molar-refractivity contribution in [2.45, 2.75) is 45.4 Å². The molecular weight excluding hydrogens is 314 g/mol. The van der Waals surface area contributed by atoms with Gasteiger partial charge in [-0.1, -0.05) is 67.1 Å². The van der Waals surface area contributed by atoms with Crippen LogP contribution in [-0.4, -0.2) is 12.5 Å². The van der Waals surface area contributed by atoms with Crippen molar-refractivity contribution in [1.82, 2.24) is 5.32 Å². The Bertz CT molecular complexity index is 412. The zero-order chi connectivity index (χ0) is 14.6. The number of halogens is 1. The fourth-order valence-electron chi connectivity index (χ4n) is 1.92. The van der Waals surface area contributed by atoms with Gasteiger partial charge in [-0.05, 0) is 30.2 Å². The Morgan fingerprint density at radius 1 is 1.10 bits per heavy atom. The summed E-state index contributed by atoms with van der Waals surface area (Å²) in [5, 5.41) is 2.92. The zero-order valence-corrected chi connectivity index (χ0v) is 13.8. The Balaban J connectivity index is 2.12. The van der Waals surface area contributed by atoms with Crippen molar-refractivity contribution in [3.8, 4) is 0 Å². The predicted octanol–water partition coefficient (Wildman–Crippen LogP) is 4.94. The summed E-state index contributed by atoms with van der Waals surface area (Å²) in [7, 11) is 0. The van der Waals surface area contributed by atoms with Crippen molar-refractivity contribution in [1.29, 1.82) is 0 Å². The second-order valence-electron chi connectivity index (χ2n) is 4.94. The van der Waals surface area contributed by atoms with Crippen molar-refractivity contribution in [3.63, 3.8) is 0 Å². The standard InChI is InChI=1S/C17H24BrNO/c1-2-3-4-5-6-7-14-19-17(20)13-10-15-8-11-16(18)12-9-15/h8-13H,2-7,14H2,1H3,(H,19,20). The molecule has 0 aromatic heterocycles. The summed E-state index contributed by atoms with van der Waals surface area (Å²) in [4.78, 5) is 11.6. The minimum absolute atomic E-state index is 0.0125. The second kappa shape index (κ2) is 10.7. The molecule has 20 heavy (non-hydrogen) atoms.